The molecule has 4 rings (SSSR count). The van der Waals surface area contributed by atoms with Crippen LogP contribution >= 0.6 is 11.8 Å². The minimum absolute atomic E-state index is 0.143. The number of nitrogens with two attached hydrogens (primary N) is 1. The fourth-order valence-electron chi connectivity index (χ4n) is 3.38. The summed E-state index contributed by atoms with van der Waals surface area (Å²) in [7, 11) is 0. The highest BCUT2D eigenvalue weighted by atomic mass is 32.2. The molecule has 0 amide bonds. The van der Waals surface area contributed by atoms with Gasteiger partial charge in [0.05, 0.1) is 12.1 Å². The van der Waals surface area contributed by atoms with Gasteiger partial charge in [0, 0.05) is 11.3 Å². The molecule has 0 aliphatic heterocycles. The highest BCUT2D eigenvalue weighted by Gasteiger charge is 2.21. The number of nitrogen functional groups attached to an aromatic ring is 1. The third kappa shape index (κ3) is 4.28. The van der Waals surface area contributed by atoms with Crippen LogP contribution in [0, 0.1) is 17.9 Å². The molecule has 148 valence electrons. The van der Waals surface area contributed by atoms with Crippen molar-refractivity contribution < 1.29 is 0 Å². The van der Waals surface area contributed by atoms with Crippen molar-refractivity contribution in [1.29, 1.82) is 5.26 Å². The van der Waals surface area contributed by atoms with Crippen LogP contribution in [0.3, 0.4) is 0 Å². The molecular formula is C26H18N4S. The van der Waals surface area contributed by atoms with Gasteiger partial charge in [-0.1, -0.05) is 78.9 Å². The number of nitrogens with zero attached hydrogens (tertiary/aromatic N) is 3. The van der Waals surface area contributed by atoms with E-state index in [2.05, 4.69) is 15.9 Å². The summed E-state index contributed by atoms with van der Waals surface area (Å²) in [5.41, 5.74) is 11.3. The first-order valence-electron chi connectivity index (χ1n) is 9.65. The highest BCUT2D eigenvalue weighted by molar-refractivity contribution is 7.98. The van der Waals surface area contributed by atoms with E-state index in [9.17, 15) is 5.26 Å². The average Bonchev–Trinajstić information content (AvgIpc) is 2.83. The molecule has 0 radical (unpaired) electrons. The second-order valence-electron chi connectivity index (χ2n) is 6.85. The molecule has 3 aromatic carbocycles. The quantitative estimate of drug-likeness (QED) is 0.289. The summed E-state index contributed by atoms with van der Waals surface area (Å²) in [5.74, 6) is 0.799. The first kappa shape index (κ1) is 20.2. The molecule has 4 nitrogen and oxygen atoms in total. The van der Waals surface area contributed by atoms with E-state index in [-0.39, 0.29) is 11.5 Å². The third-order valence-corrected chi connectivity index (χ3v) is 5.91. The predicted octanol–water partition coefficient (Wildman–Crippen LogP) is 6.71. The lowest BCUT2D eigenvalue weighted by molar-refractivity contribution is 1.13. The van der Waals surface area contributed by atoms with Crippen LogP contribution in [0.15, 0.2) is 90.0 Å². The van der Waals surface area contributed by atoms with Crippen LogP contribution < -0.4 is 5.73 Å². The predicted molar refractivity (Wildman–Crippen MR) is 127 cm³/mol. The number of aromatic nitrogens is 1. The van der Waals surface area contributed by atoms with Gasteiger partial charge in [0.15, 0.2) is 0 Å². The van der Waals surface area contributed by atoms with E-state index in [4.69, 9.17) is 12.3 Å². The molecule has 1 heterocycles. The van der Waals surface area contributed by atoms with Crippen molar-refractivity contribution in [1.82, 2.24) is 4.98 Å². The molecule has 0 aliphatic carbocycles. The molecule has 0 saturated heterocycles. The van der Waals surface area contributed by atoms with Crippen molar-refractivity contribution in [3.05, 3.63) is 107 Å². The monoisotopic (exact) mass is 418 g/mol. The van der Waals surface area contributed by atoms with Gasteiger partial charge in [-0.25, -0.2) is 9.83 Å². The van der Waals surface area contributed by atoms with Gasteiger partial charge in [-0.3, -0.25) is 0 Å². The van der Waals surface area contributed by atoms with E-state index in [1.807, 2.05) is 84.9 Å². The Morgan fingerprint density at radius 2 is 1.55 bits per heavy atom. The van der Waals surface area contributed by atoms with E-state index in [0.717, 1.165) is 22.3 Å². The average molecular weight is 419 g/mol. The topological polar surface area (TPSA) is 67.1 Å². The molecule has 31 heavy (non-hydrogen) atoms. The molecule has 0 spiro atoms. The minimum atomic E-state index is 0.143. The normalized spacial score (nSPS) is 10.3. The fourth-order valence-corrected chi connectivity index (χ4v) is 4.34. The largest absolute Gasteiger partial charge is 0.392 e. The van der Waals surface area contributed by atoms with Crippen LogP contribution in [0.1, 0.15) is 11.1 Å². The van der Waals surface area contributed by atoms with Gasteiger partial charge in [-0.15, -0.1) is 11.8 Å². The number of hydrogen-bond donors (Lipinski definition) is 1. The van der Waals surface area contributed by atoms with Gasteiger partial charge in [0.2, 0.25) is 5.69 Å². The molecule has 0 unspecified atom stereocenters. The number of pyridine rings is 1. The van der Waals surface area contributed by atoms with E-state index < -0.39 is 0 Å². The molecule has 0 atom stereocenters. The van der Waals surface area contributed by atoms with E-state index >= 15 is 0 Å². The number of nitriles is 1. The van der Waals surface area contributed by atoms with Crippen molar-refractivity contribution >= 4 is 23.3 Å². The van der Waals surface area contributed by atoms with E-state index in [0.29, 0.717) is 21.9 Å². The summed E-state index contributed by atoms with van der Waals surface area (Å²) in [4.78, 5) is 8.02. The number of rotatable bonds is 5. The van der Waals surface area contributed by atoms with E-state index in [1.54, 1.807) is 0 Å². The molecular weight excluding hydrogens is 400 g/mol. The Morgan fingerprint density at radius 1 is 0.903 bits per heavy atom. The molecule has 4 aromatic rings. The maximum atomic E-state index is 10.0. The second-order valence-corrected chi connectivity index (χ2v) is 7.81. The van der Waals surface area contributed by atoms with Gasteiger partial charge in [-0.2, -0.15) is 5.26 Å². The summed E-state index contributed by atoms with van der Waals surface area (Å²) in [5, 5.41) is 10.5. The first-order chi connectivity index (χ1) is 15.2. The molecule has 0 fully saturated rings. The van der Waals surface area contributed by atoms with Gasteiger partial charge in [0.25, 0.3) is 0 Å². The Bertz CT molecular complexity index is 1300. The molecule has 2 N–H and O–H groups in total. The Hall–Kier alpha value is -4.06. The maximum Gasteiger partial charge on any atom is 0.236 e. The smallest absolute Gasteiger partial charge is 0.236 e. The SMILES string of the molecule is [C-]#[N+]c1c(N)nc(SCc2ccccc2)c(C#N)c1-c1cccc(-c2ccccc2)c1. The summed E-state index contributed by atoms with van der Waals surface area (Å²) in [6.45, 7) is 7.66. The Morgan fingerprint density at radius 3 is 2.23 bits per heavy atom. The van der Waals surface area contributed by atoms with Crippen molar-refractivity contribution in [3.63, 3.8) is 0 Å². The van der Waals surface area contributed by atoms with Crippen molar-refractivity contribution in [2.24, 2.45) is 0 Å². The van der Waals surface area contributed by atoms with Crippen LogP contribution in [-0.4, -0.2) is 4.98 Å². The van der Waals surface area contributed by atoms with Gasteiger partial charge < -0.3 is 5.73 Å². The van der Waals surface area contributed by atoms with Crippen LogP contribution in [-0.2, 0) is 5.75 Å². The Balaban J connectivity index is 1.83. The van der Waals surface area contributed by atoms with Crippen molar-refractivity contribution in [3.8, 4) is 28.3 Å². The third-order valence-electron chi connectivity index (χ3n) is 4.87. The maximum absolute atomic E-state index is 10.0. The van der Waals surface area contributed by atoms with Crippen molar-refractivity contribution in [2.45, 2.75) is 10.8 Å². The van der Waals surface area contributed by atoms with Crippen LogP contribution in [0.4, 0.5) is 11.5 Å². The van der Waals surface area contributed by atoms with Crippen molar-refractivity contribution in [2.75, 3.05) is 5.73 Å². The standard InChI is InChI=1S/C26H18N4S/c1-29-24-23(21-14-8-13-20(15-21)19-11-6-3-7-12-19)22(16-27)26(30-25(24)28)31-17-18-9-4-2-5-10-18/h2-15H,17H2,(H2,28,30). The lowest BCUT2D eigenvalue weighted by atomic mass is 9.96. The lowest BCUT2D eigenvalue weighted by Crippen LogP contribution is -1.99. The number of hydrogen-bond acceptors (Lipinski definition) is 4. The number of thioether (sulfide) groups is 1. The molecule has 0 saturated carbocycles. The fraction of sp³-hybridized carbons (Fsp3) is 0.0385. The van der Waals surface area contributed by atoms with Gasteiger partial charge in [0.1, 0.15) is 16.9 Å². The summed E-state index contributed by atoms with van der Waals surface area (Å²) >= 11 is 1.45. The summed E-state index contributed by atoms with van der Waals surface area (Å²) in [6, 6.07) is 30.1. The van der Waals surface area contributed by atoms with Gasteiger partial charge in [-0.05, 0) is 28.3 Å². The van der Waals surface area contributed by atoms with Crippen LogP contribution in [0.5, 0.6) is 0 Å². The van der Waals surface area contributed by atoms with Gasteiger partial charge >= 0.3 is 0 Å². The molecule has 0 aliphatic rings. The number of anilines is 1. The molecule has 1 aromatic heterocycles. The molecule has 5 heteroatoms. The Labute approximate surface area is 185 Å². The van der Waals surface area contributed by atoms with Crippen LogP contribution in [0.2, 0.25) is 0 Å². The zero-order chi connectivity index (χ0) is 21.6. The van der Waals surface area contributed by atoms with Crippen LogP contribution in [0.25, 0.3) is 27.1 Å². The molecule has 0 bridgehead atoms. The highest BCUT2D eigenvalue weighted by Crippen LogP contribution is 2.42. The second kappa shape index (κ2) is 9.17. The minimum Gasteiger partial charge on any atom is -0.392 e. The zero-order valence-corrected chi connectivity index (χ0v) is 17.4. The first-order valence-corrected chi connectivity index (χ1v) is 10.6. The Kier molecular flexibility index (Phi) is 5.98. The van der Waals surface area contributed by atoms with E-state index in [1.165, 1.54) is 11.8 Å². The summed E-state index contributed by atoms with van der Waals surface area (Å²) < 4.78 is 0. The number of benzene rings is 3. The lowest BCUT2D eigenvalue weighted by Gasteiger charge is -2.14. The zero-order valence-electron chi connectivity index (χ0n) is 16.6. The summed E-state index contributed by atoms with van der Waals surface area (Å²) in [6.07, 6.45) is 0.